The van der Waals surface area contributed by atoms with Crippen molar-refractivity contribution >= 4 is 43.0 Å². The number of amides is 1. The smallest absolute Gasteiger partial charge is 0.271 e. The van der Waals surface area contributed by atoms with Gasteiger partial charge in [0.1, 0.15) is 18.0 Å². The molecule has 34 heavy (non-hydrogen) atoms. The van der Waals surface area contributed by atoms with E-state index in [4.69, 9.17) is 4.74 Å². The molecule has 0 bridgehead atoms. The van der Waals surface area contributed by atoms with Gasteiger partial charge in [-0.05, 0) is 43.2 Å². The van der Waals surface area contributed by atoms with E-state index < -0.39 is 37.4 Å². The third-order valence-corrected chi connectivity index (χ3v) is 8.21. The Hall–Kier alpha value is -3.23. The second-order valence-electron chi connectivity index (χ2n) is 7.57. The van der Waals surface area contributed by atoms with Gasteiger partial charge in [0.2, 0.25) is 26.0 Å². The molecule has 184 valence electrons. The average Bonchev–Trinajstić information content (AvgIpc) is 3.32. The van der Waals surface area contributed by atoms with E-state index in [1.807, 2.05) is 0 Å². The third kappa shape index (κ3) is 5.63. The topological polar surface area (TPSA) is 156 Å². The Labute approximate surface area is 197 Å². The number of nitro benzene ring substituents is 1. The predicted octanol–water partition coefficient (Wildman–Crippen LogP) is 1.79. The lowest BCUT2D eigenvalue weighted by atomic mass is 10.2. The molecule has 2 aromatic carbocycles. The molecule has 1 saturated heterocycles. The van der Waals surface area contributed by atoms with E-state index in [0.717, 1.165) is 31.2 Å². The van der Waals surface area contributed by atoms with Crippen LogP contribution in [0, 0.1) is 10.1 Å². The molecule has 0 radical (unpaired) electrons. The van der Waals surface area contributed by atoms with Crippen molar-refractivity contribution in [2.75, 3.05) is 42.6 Å². The van der Waals surface area contributed by atoms with Gasteiger partial charge in [-0.1, -0.05) is 0 Å². The summed E-state index contributed by atoms with van der Waals surface area (Å²) >= 11 is 0. The Bertz CT molecular complexity index is 1290. The maximum absolute atomic E-state index is 12.6. The van der Waals surface area contributed by atoms with Crippen molar-refractivity contribution in [3.05, 3.63) is 52.6 Å². The zero-order chi connectivity index (χ0) is 25.1. The van der Waals surface area contributed by atoms with E-state index >= 15 is 0 Å². The summed E-state index contributed by atoms with van der Waals surface area (Å²) in [6.07, 6.45) is 2.47. The number of nitro groups is 1. The van der Waals surface area contributed by atoms with Crippen LogP contribution in [0.4, 0.5) is 17.1 Å². The number of anilines is 2. The van der Waals surface area contributed by atoms with Crippen LogP contribution in [0.5, 0.6) is 5.75 Å². The Morgan fingerprint density at radius 1 is 1.12 bits per heavy atom. The van der Waals surface area contributed by atoms with Crippen molar-refractivity contribution in [3.8, 4) is 5.75 Å². The van der Waals surface area contributed by atoms with Crippen LogP contribution in [0.3, 0.4) is 0 Å². The van der Waals surface area contributed by atoms with Crippen LogP contribution in [0.25, 0.3) is 0 Å². The predicted molar refractivity (Wildman–Crippen MR) is 125 cm³/mol. The highest BCUT2D eigenvalue weighted by molar-refractivity contribution is 7.92. The van der Waals surface area contributed by atoms with Crippen LogP contribution >= 0.6 is 0 Å². The molecule has 1 N–H and O–H groups in total. The van der Waals surface area contributed by atoms with Crippen molar-refractivity contribution in [3.63, 3.8) is 0 Å². The molecule has 0 aromatic heterocycles. The number of non-ortho nitro benzene ring substituents is 1. The highest BCUT2D eigenvalue weighted by atomic mass is 32.2. The SMILES string of the molecule is COc1ccc([N+](=O)[O-])cc1N(CC(=O)Nc1ccc(S(=O)(=O)N2CCCC2)cc1)S(C)(=O)=O. The molecular weight excluding hydrogens is 488 g/mol. The minimum atomic E-state index is -4.03. The summed E-state index contributed by atoms with van der Waals surface area (Å²) in [6, 6.07) is 8.93. The molecule has 0 saturated carbocycles. The summed E-state index contributed by atoms with van der Waals surface area (Å²) in [5.41, 5.74) is -0.286. The Kier molecular flexibility index (Phi) is 7.43. The molecule has 2 aromatic rings. The van der Waals surface area contributed by atoms with Crippen molar-refractivity contribution in [2.24, 2.45) is 0 Å². The van der Waals surface area contributed by atoms with Gasteiger partial charge in [0.15, 0.2) is 0 Å². The second kappa shape index (κ2) is 9.95. The Morgan fingerprint density at radius 2 is 1.74 bits per heavy atom. The number of carbonyl (C=O) groups is 1. The number of rotatable bonds is 9. The number of hydrogen-bond acceptors (Lipinski definition) is 8. The largest absolute Gasteiger partial charge is 0.495 e. The van der Waals surface area contributed by atoms with Gasteiger partial charge in [0.25, 0.3) is 5.69 Å². The van der Waals surface area contributed by atoms with Crippen LogP contribution in [-0.4, -0.2) is 65.0 Å². The second-order valence-corrected chi connectivity index (χ2v) is 11.4. The van der Waals surface area contributed by atoms with Gasteiger partial charge >= 0.3 is 0 Å². The minimum absolute atomic E-state index is 0.0281. The first-order valence-corrected chi connectivity index (χ1v) is 13.4. The Balaban J connectivity index is 1.80. The van der Waals surface area contributed by atoms with Crippen LogP contribution in [0.15, 0.2) is 47.4 Å². The monoisotopic (exact) mass is 512 g/mol. The Morgan fingerprint density at radius 3 is 2.26 bits per heavy atom. The van der Waals surface area contributed by atoms with Crippen molar-refractivity contribution < 1.29 is 31.3 Å². The van der Waals surface area contributed by atoms with Crippen LogP contribution in [-0.2, 0) is 24.8 Å². The number of hydrogen-bond donors (Lipinski definition) is 1. The molecule has 0 spiro atoms. The summed E-state index contributed by atoms with van der Waals surface area (Å²) in [7, 11) is -6.38. The van der Waals surface area contributed by atoms with E-state index in [9.17, 15) is 31.7 Å². The molecule has 3 rings (SSSR count). The number of carbonyl (C=O) groups excluding carboxylic acids is 1. The lowest BCUT2D eigenvalue weighted by Gasteiger charge is -2.23. The van der Waals surface area contributed by atoms with Gasteiger partial charge in [0.05, 0.1) is 23.2 Å². The first-order chi connectivity index (χ1) is 15.9. The van der Waals surface area contributed by atoms with Crippen molar-refractivity contribution in [1.82, 2.24) is 4.31 Å². The zero-order valence-electron chi connectivity index (χ0n) is 18.5. The summed E-state index contributed by atoms with van der Waals surface area (Å²) in [5.74, 6) is -0.713. The maximum Gasteiger partial charge on any atom is 0.271 e. The van der Waals surface area contributed by atoms with Gasteiger partial charge in [-0.25, -0.2) is 16.8 Å². The highest BCUT2D eigenvalue weighted by Crippen LogP contribution is 2.33. The number of methoxy groups -OCH3 is 1. The molecular formula is C20H24N4O8S2. The highest BCUT2D eigenvalue weighted by Gasteiger charge is 2.28. The van der Waals surface area contributed by atoms with E-state index in [-0.39, 0.29) is 27.7 Å². The molecule has 12 nitrogen and oxygen atoms in total. The quantitative estimate of drug-likeness (QED) is 0.394. The number of sulfonamides is 2. The van der Waals surface area contributed by atoms with Crippen molar-refractivity contribution in [1.29, 1.82) is 0 Å². The summed E-state index contributed by atoms with van der Waals surface area (Å²) in [5, 5.41) is 13.7. The molecule has 1 heterocycles. The summed E-state index contributed by atoms with van der Waals surface area (Å²) in [4.78, 5) is 23.2. The normalized spacial score (nSPS) is 14.5. The zero-order valence-corrected chi connectivity index (χ0v) is 20.1. The van der Waals surface area contributed by atoms with Gasteiger partial charge < -0.3 is 10.1 Å². The molecule has 1 fully saturated rings. The fourth-order valence-corrected chi connectivity index (χ4v) is 5.86. The molecule has 1 amide bonds. The number of benzene rings is 2. The molecule has 0 unspecified atom stereocenters. The standard InChI is InChI=1S/C20H24N4O8S2/c1-32-19-10-7-16(24(26)27)13-18(19)23(33(2,28)29)14-20(25)21-15-5-8-17(9-6-15)34(30,31)22-11-3-4-12-22/h5-10,13H,3-4,11-12,14H2,1-2H3,(H,21,25). The van der Waals surface area contributed by atoms with E-state index in [2.05, 4.69) is 5.32 Å². The molecule has 14 heteroatoms. The first kappa shape index (κ1) is 25.4. The van der Waals surface area contributed by atoms with Gasteiger partial charge in [-0.2, -0.15) is 4.31 Å². The van der Waals surface area contributed by atoms with Crippen molar-refractivity contribution in [2.45, 2.75) is 17.7 Å². The van der Waals surface area contributed by atoms with E-state index in [0.29, 0.717) is 17.4 Å². The molecule has 1 aliphatic heterocycles. The lowest BCUT2D eigenvalue weighted by Crippen LogP contribution is -2.37. The third-order valence-electron chi connectivity index (χ3n) is 5.17. The molecule has 0 atom stereocenters. The van der Waals surface area contributed by atoms with Crippen LogP contribution in [0.1, 0.15) is 12.8 Å². The van der Waals surface area contributed by atoms with Crippen LogP contribution in [0.2, 0.25) is 0 Å². The van der Waals surface area contributed by atoms with Gasteiger partial charge in [0, 0.05) is 30.9 Å². The van der Waals surface area contributed by atoms with E-state index in [1.54, 1.807) is 0 Å². The number of ether oxygens (including phenoxy) is 1. The fraction of sp³-hybridized carbons (Fsp3) is 0.350. The fourth-order valence-electron chi connectivity index (χ4n) is 3.49. The molecule has 1 aliphatic rings. The van der Waals surface area contributed by atoms with E-state index in [1.165, 1.54) is 41.7 Å². The summed E-state index contributed by atoms with van der Waals surface area (Å²) < 4.78 is 57.3. The summed E-state index contributed by atoms with van der Waals surface area (Å²) in [6.45, 7) is 0.233. The lowest BCUT2D eigenvalue weighted by molar-refractivity contribution is -0.384. The number of nitrogens with one attached hydrogen (secondary N) is 1. The first-order valence-electron chi connectivity index (χ1n) is 10.1. The van der Waals surface area contributed by atoms with Gasteiger partial charge in [-0.15, -0.1) is 0 Å². The average molecular weight is 513 g/mol. The van der Waals surface area contributed by atoms with Crippen LogP contribution < -0.4 is 14.4 Å². The minimum Gasteiger partial charge on any atom is -0.495 e. The molecule has 0 aliphatic carbocycles. The maximum atomic E-state index is 12.6. The van der Waals surface area contributed by atoms with Gasteiger partial charge in [-0.3, -0.25) is 19.2 Å². The number of nitrogens with zero attached hydrogens (tertiary/aromatic N) is 3.